The Hall–Kier alpha value is -4.09. The summed E-state index contributed by atoms with van der Waals surface area (Å²) in [5.41, 5.74) is 0.391. The average molecular weight is 502 g/mol. The minimum Gasteiger partial charge on any atom is -0.481 e. The molecule has 1 fully saturated rings. The molecule has 2 aliphatic rings. The summed E-state index contributed by atoms with van der Waals surface area (Å²) in [7, 11) is 3.14. The molecule has 1 saturated heterocycles. The van der Waals surface area contributed by atoms with Gasteiger partial charge in [-0.3, -0.25) is 28.5 Å². The summed E-state index contributed by atoms with van der Waals surface area (Å²) in [5, 5.41) is 9.74. The van der Waals surface area contributed by atoms with Crippen molar-refractivity contribution in [3.63, 3.8) is 0 Å². The molecule has 1 aliphatic carbocycles. The first-order chi connectivity index (χ1) is 16.9. The normalized spacial score (nSPS) is 20.4. The Morgan fingerprint density at radius 2 is 1.72 bits per heavy atom. The SMILES string of the molecule is Cn1c(=O)n(C)c2cc(N3CC(C(=O)O)C(=O)N([C@H]4CCc5c4cccc5C(F)(F)F)C3=O)ccc21. The van der Waals surface area contributed by atoms with Crippen molar-refractivity contribution in [2.75, 3.05) is 11.4 Å². The van der Waals surface area contributed by atoms with E-state index in [1.54, 1.807) is 26.2 Å². The number of carbonyl (C=O) groups excluding carboxylic acids is 2. The minimum atomic E-state index is -4.60. The molecule has 1 aliphatic heterocycles. The highest BCUT2D eigenvalue weighted by atomic mass is 19.4. The van der Waals surface area contributed by atoms with E-state index in [2.05, 4.69) is 0 Å². The third kappa shape index (κ3) is 3.39. The van der Waals surface area contributed by atoms with Crippen molar-refractivity contribution in [1.29, 1.82) is 0 Å². The predicted molar refractivity (Wildman–Crippen MR) is 121 cm³/mol. The van der Waals surface area contributed by atoms with Crippen LogP contribution in [-0.2, 0) is 36.3 Å². The number of benzene rings is 2. The van der Waals surface area contributed by atoms with Crippen LogP contribution >= 0.6 is 0 Å². The molecule has 2 atom stereocenters. The minimum absolute atomic E-state index is 0.000281. The van der Waals surface area contributed by atoms with Crippen molar-refractivity contribution in [3.05, 3.63) is 63.6 Å². The Bertz CT molecular complexity index is 1510. The number of halogens is 3. The lowest BCUT2D eigenvalue weighted by Gasteiger charge is -2.40. The molecule has 2 heterocycles. The molecular formula is C24H21F3N4O5. The number of urea groups is 1. The van der Waals surface area contributed by atoms with Crippen LogP contribution in [0.15, 0.2) is 41.2 Å². The number of aliphatic carboxylic acids is 1. The van der Waals surface area contributed by atoms with Gasteiger partial charge in [0.2, 0.25) is 5.91 Å². The van der Waals surface area contributed by atoms with Crippen LogP contribution in [0.1, 0.15) is 29.2 Å². The molecule has 9 nitrogen and oxygen atoms in total. The molecular weight excluding hydrogens is 481 g/mol. The molecule has 0 saturated carbocycles. The van der Waals surface area contributed by atoms with Crippen LogP contribution in [-0.4, -0.2) is 43.6 Å². The van der Waals surface area contributed by atoms with E-state index in [9.17, 15) is 37.5 Å². The van der Waals surface area contributed by atoms with Crippen molar-refractivity contribution in [3.8, 4) is 0 Å². The first-order valence-electron chi connectivity index (χ1n) is 11.1. The molecule has 0 bridgehead atoms. The summed E-state index contributed by atoms with van der Waals surface area (Å²) in [6.07, 6.45) is -4.57. The molecule has 1 unspecified atom stereocenters. The fourth-order valence-corrected chi connectivity index (χ4v) is 5.25. The number of carboxylic acid groups (broad SMARTS) is 1. The van der Waals surface area contributed by atoms with Crippen LogP contribution in [0.5, 0.6) is 0 Å². The number of aryl methyl sites for hydroxylation is 2. The van der Waals surface area contributed by atoms with Gasteiger partial charge in [0.1, 0.15) is 0 Å². The molecule has 1 aromatic heterocycles. The van der Waals surface area contributed by atoms with E-state index in [1.807, 2.05) is 0 Å². The second kappa shape index (κ2) is 7.97. The number of rotatable bonds is 3. The highest BCUT2D eigenvalue weighted by Gasteiger charge is 2.49. The first-order valence-corrected chi connectivity index (χ1v) is 11.1. The number of aromatic nitrogens is 2. The molecule has 0 radical (unpaired) electrons. The van der Waals surface area contributed by atoms with Gasteiger partial charge in [0.15, 0.2) is 5.92 Å². The van der Waals surface area contributed by atoms with E-state index >= 15 is 0 Å². The van der Waals surface area contributed by atoms with Crippen molar-refractivity contribution < 1.29 is 32.7 Å². The highest BCUT2D eigenvalue weighted by Crippen LogP contribution is 2.44. The fourth-order valence-electron chi connectivity index (χ4n) is 5.25. The number of imide groups is 1. The van der Waals surface area contributed by atoms with Gasteiger partial charge < -0.3 is 5.11 Å². The number of hydrogen-bond donors (Lipinski definition) is 1. The molecule has 36 heavy (non-hydrogen) atoms. The lowest BCUT2D eigenvalue weighted by Crippen LogP contribution is -2.59. The van der Waals surface area contributed by atoms with E-state index in [0.717, 1.165) is 15.9 Å². The third-order valence-corrected chi connectivity index (χ3v) is 7.06. The molecule has 0 spiro atoms. The standard InChI is InChI=1S/C24H21F3N4O5/c1-28-18-8-6-12(10-19(18)29(2)22(28)35)30-11-15(21(33)34)20(32)31(23(30)36)17-9-7-13-14(17)4-3-5-16(13)24(25,26)27/h3-6,8,10,15,17H,7,9,11H2,1-2H3,(H,33,34)/t15?,17-/m0/s1. The summed E-state index contributed by atoms with van der Waals surface area (Å²) >= 11 is 0. The molecule has 3 aromatic rings. The molecule has 5 rings (SSSR count). The van der Waals surface area contributed by atoms with Crippen LogP contribution in [0.3, 0.4) is 0 Å². The van der Waals surface area contributed by atoms with E-state index in [-0.39, 0.29) is 35.3 Å². The molecule has 12 heteroatoms. The zero-order chi connectivity index (χ0) is 26.1. The van der Waals surface area contributed by atoms with Crippen LogP contribution in [0.2, 0.25) is 0 Å². The zero-order valence-electron chi connectivity index (χ0n) is 19.2. The monoisotopic (exact) mass is 502 g/mol. The number of fused-ring (bicyclic) bond motifs is 2. The fraction of sp³-hybridized carbons (Fsp3) is 0.333. The highest BCUT2D eigenvalue weighted by molar-refractivity contribution is 6.13. The van der Waals surface area contributed by atoms with Gasteiger partial charge in [-0.1, -0.05) is 12.1 Å². The summed E-state index contributed by atoms with van der Waals surface area (Å²) in [4.78, 5) is 53.0. The largest absolute Gasteiger partial charge is 0.481 e. The van der Waals surface area contributed by atoms with Gasteiger partial charge in [0.25, 0.3) is 0 Å². The van der Waals surface area contributed by atoms with Crippen LogP contribution in [0.4, 0.5) is 23.7 Å². The molecule has 2 aromatic carbocycles. The van der Waals surface area contributed by atoms with Gasteiger partial charge in [0.05, 0.1) is 22.6 Å². The average Bonchev–Trinajstić information content (AvgIpc) is 3.33. The third-order valence-electron chi connectivity index (χ3n) is 7.06. The van der Waals surface area contributed by atoms with Gasteiger partial charge in [-0.05, 0) is 48.2 Å². The Morgan fingerprint density at radius 3 is 2.39 bits per heavy atom. The number of nitrogens with zero attached hydrogens (tertiary/aromatic N) is 4. The van der Waals surface area contributed by atoms with Crippen molar-refractivity contribution in [1.82, 2.24) is 14.0 Å². The number of amides is 3. The molecule has 1 N–H and O–H groups in total. The number of imidazole rings is 1. The van der Waals surface area contributed by atoms with Crippen molar-refractivity contribution >= 4 is 34.6 Å². The second-order valence-electron chi connectivity index (χ2n) is 8.99. The van der Waals surface area contributed by atoms with Gasteiger partial charge in [-0.2, -0.15) is 13.2 Å². The number of anilines is 1. The lowest BCUT2D eigenvalue weighted by molar-refractivity contribution is -0.151. The number of carbonyl (C=O) groups is 3. The van der Waals surface area contributed by atoms with Crippen LogP contribution in [0.25, 0.3) is 11.0 Å². The van der Waals surface area contributed by atoms with E-state index in [4.69, 9.17) is 0 Å². The summed E-state index contributed by atoms with van der Waals surface area (Å²) in [6.45, 7) is -0.446. The van der Waals surface area contributed by atoms with Crippen LogP contribution in [0, 0.1) is 5.92 Å². The number of alkyl halides is 3. The first kappa shape index (κ1) is 23.6. The Labute approximate surface area is 201 Å². The zero-order valence-corrected chi connectivity index (χ0v) is 19.2. The van der Waals surface area contributed by atoms with Gasteiger partial charge in [-0.25, -0.2) is 9.59 Å². The van der Waals surface area contributed by atoms with Gasteiger partial charge in [0, 0.05) is 26.3 Å². The summed E-state index contributed by atoms with van der Waals surface area (Å²) in [6, 6.07) is 6.44. The van der Waals surface area contributed by atoms with E-state index < -0.39 is 48.2 Å². The number of carboxylic acids is 1. The summed E-state index contributed by atoms with van der Waals surface area (Å²) in [5.74, 6) is -4.02. The number of hydrogen-bond acceptors (Lipinski definition) is 4. The van der Waals surface area contributed by atoms with Gasteiger partial charge in [-0.15, -0.1) is 0 Å². The molecule has 188 valence electrons. The predicted octanol–water partition coefficient (Wildman–Crippen LogP) is 3.05. The second-order valence-corrected chi connectivity index (χ2v) is 8.99. The van der Waals surface area contributed by atoms with Crippen molar-refractivity contribution in [2.45, 2.75) is 25.1 Å². The quantitative estimate of drug-likeness (QED) is 0.555. The van der Waals surface area contributed by atoms with E-state index in [0.29, 0.717) is 11.0 Å². The lowest BCUT2D eigenvalue weighted by atomic mass is 9.98. The summed E-state index contributed by atoms with van der Waals surface area (Å²) < 4.78 is 43.4. The smallest absolute Gasteiger partial charge is 0.416 e. The van der Waals surface area contributed by atoms with E-state index in [1.165, 1.54) is 27.3 Å². The molecule has 3 amide bonds. The van der Waals surface area contributed by atoms with Crippen molar-refractivity contribution in [2.24, 2.45) is 20.0 Å². The maximum atomic E-state index is 13.6. The van der Waals surface area contributed by atoms with Gasteiger partial charge >= 0.3 is 23.9 Å². The maximum Gasteiger partial charge on any atom is 0.416 e. The maximum absolute atomic E-state index is 13.6. The topological polar surface area (TPSA) is 105 Å². The Balaban J connectivity index is 1.60. The Morgan fingerprint density at radius 1 is 1.03 bits per heavy atom. The van der Waals surface area contributed by atoms with Crippen LogP contribution < -0.4 is 10.6 Å². The Kier molecular flexibility index (Phi) is 5.23.